The Morgan fingerprint density at radius 2 is 1.44 bits per heavy atom. The van der Waals surface area contributed by atoms with E-state index in [1.54, 1.807) is 17.7 Å². The number of fused-ring (bicyclic) bond motifs is 3. The Morgan fingerprint density at radius 1 is 0.778 bits per heavy atom. The quantitative estimate of drug-likeness (QED) is 0.341. The molecule has 3 aromatic rings. The topological polar surface area (TPSA) is 0 Å². The van der Waals surface area contributed by atoms with E-state index < -0.39 is 23.2 Å². The van der Waals surface area contributed by atoms with Gasteiger partial charge in [-0.2, -0.15) is 0 Å². The van der Waals surface area contributed by atoms with Crippen molar-refractivity contribution in [1.82, 2.24) is 0 Å². The van der Waals surface area contributed by atoms with Crippen LogP contribution in [0.4, 0.5) is 0 Å². The summed E-state index contributed by atoms with van der Waals surface area (Å²) in [5.74, 6) is 0.543. The van der Waals surface area contributed by atoms with E-state index in [1.807, 2.05) is 0 Å². The van der Waals surface area contributed by atoms with Crippen molar-refractivity contribution in [3.05, 3.63) is 104 Å². The van der Waals surface area contributed by atoms with Crippen LogP contribution in [0, 0.1) is 5.92 Å². The van der Waals surface area contributed by atoms with Crippen molar-refractivity contribution in [3.8, 4) is 11.1 Å². The van der Waals surface area contributed by atoms with Crippen molar-refractivity contribution in [2.24, 2.45) is 5.92 Å². The molecule has 0 N–H and O–H groups in total. The molecule has 0 amide bonds. The standard InChI is InChI=1S/C21H25.C12H11.2ClH.Zr/c1-20(2,3)16-7-9-18-14(12-16)11-15-13-17(21(4,5)6)8-10-19(15)18;1-10-7-8-12(9-10)11-5-3-2-4-6-11;;;/h7-10,12H,11H2,1-6H3;2-6,8-10H,1H3;2*1H;/q;;;;+2/p-2. The van der Waals surface area contributed by atoms with Gasteiger partial charge in [-0.05, 0) is 0 Å². The summed E-state index contributed by atoms with van der Waals surface area (Å²) in [6.45, 7) is 16.5. The van der Waals surface area contributed by atoms with Crippen LogP contribution in [0.3, 0.4) is 0 Å². The fourth-order valence-corrected chi connectivity index (χ4v) is 9.73. The summed E-state index contributed by atoms with van der Waals surface area (Å²) < 4.78 is 3.43. The molecule has 0 aromatic heterocycles. The maximum atomic E-state index is 2.53. The van der Waals surface area contributed by atoms with Gasteiger partial charge in [-0.3, -0.25) is 0 Å². The molecule has 186 valence electrons. The van der Waals surface area contributed by atoms with Gasteiger partial charge >= 0.3 is 219 Å². The zero-order valence-electron chi connectivity index (χ0n) is 22.5. The summed E-state index contributed by atoms with van der Waals surface area (Å²) in [5.41, 5.74) is 12.2. The van der Waals surface area contributed by atoms with Gasteiger partial charge in [0.1, 0.15) is 0 Å². The minimum Gasteiger partial charge on any atom is -1.00 e. The molecule has 3 heteroatoms. The van der Waals surface area contributed by atoms with Crippen LogP contribution in [-0.4, -0.2) is 0 Å². The van der Waals surface area contributed by atoms with Gasteiger partial charge in [0.05, 0.1) is 0 Å². The summed E-state index contributed by atoms with van der Waals surface area (Å²) in [7, 11) is 0. The van der Waals surface area contributed by atoms with Gasteiger partial charge in [-0.25, -0.2) is 0 Å². The minimum absolute atomic E-state index is 0. The maximum Gasteiger partial charge on any atom is -1.00 e. The van der Waals surface area contributed by atoms with Gasteiger partial charge in [0.15, 0.2) is 0 Å². The fourth-order valence-electron chi connectivity index (χ4n) is 5.32. The SMILES string of the molecule is CC1C=C(c2ccccc2)C=[C]1[Zr+2][c]1c(C(C)(C)C)ccc2c1Cc1cc(C(C)(C)C)ccc1-2.[Cl-].[Cl-]. The number of benzene rings is 3. The van der Waals surface area contributed by atoms with Gasteiger partial charge in [-0.15, -0.1) is 0 Å². The number of hydrogen-bond donors (Lipinski definition) is 0. The zero-order chi connectivity index (χ0) is 24.3. The Morgan fingerprint density at radius 3 is 2.08 bits per heavy atom. The predicted molar refractivity (Wildman–Crippen MR) is 143 cm³/mol. The number of halogens is 2. The molecular formula is C33H36Cl2Zr. The zero-order valence-corrected chi connectivity index (χ0v) is 26.4. The Hall–Kier alpha value is -1.40. The number of allylic oxidation sites excluding steroid dienone is 4. The Balaban J connectivity index is 0.00000180. The molecule has 0 heterocycles. The van der Waals surface area contributed by atoms with E-state index in [0.29, 0.717) is 5.92 Å². The van der Waals surface area contributed by atoms with Gasteiger partial charge in [0.25, 0.3) is 0 Å². The molecule has 3 aromatic carbocycles. The Bertz CT molecular complexity index is 1320. The molecule has 0 spiro atoms. The van der Waals surface area contributed by atoms with Crippen LogP contribution >= 0.6 is 0 Å². The van der Waals surface area contributed by atoms with Gasteiger partial charge in [0.2, 0.25) is 0 Å². The van der Waals surface area contributed by atoms with Crippen molar-refractivity contribution < 1.29 is 48.0 Å². The number of rotatable bonds is 3. The molecule has 1 unspecified atom stereocenters. The van der Waals surface area contributed by atoms with E-state index in [2.05, 4.69) is 121 Å². The average Bonchev–Trinajstić information content (AvgIpc) is 3.33. The molecule has 0 saturated heterocycles. The maximum absolute atomic E-state index is 2.53. The summed E-state index contributed by atoms with van der Waals surface area (Å²) in [6, 6.07) is 23.0. The summed E-state index contributed by atoms with van der Waals surface area (Å²) in [5, 5.41) is 0. The van der Waals surface area contributed by atoms with Crippen LogP contribution < -0.4 is 28.1 Å². The Kier molecular flexibility index (Phi) is 8.72. The monoisotopic (exact) mass is 592 g/mol. The molecule has 36 heavy (non-hydrogen) atoms. The van der Waals surface area contributed by atoms with Crippen molar-refractivity contribution >= 4 is 8.84 Å². The van der Waals surface area contributed by atoms with Crippen LogP contribution in [0.5, 0.6) is 0 Å². The largest absolute Gasteiger partial charge is 1.00 e. The van der Waals surface area contributed by atoms with Crippen LogP contribution in [0.1, 0.15) is 76.3 Å². The van der Waals surface area contributed by atoms with Crippen LogP contribution in [0.2, 0.25) is 0 Å². The number of hydrogen-bond acceptors (Lipinski definition) is 0. The molecule has 0 fully saturated rings. The van der Waals surface area contributed by atoms with Crippen LogP contribution in [0.15, 0.2) is 76.1 Å². The fraction of sp³-hybridized carbons (Fsp3) is 0.333. The molecule has 0 aliphatic heterocycles. The van der Waals surface area contributed by atoms with Crippen molar-refractivity contribution in [3.63, 3.8) is 0 Å². The van der Waals surface area contributed by atoms with E-state index in [9.17, 15) is 0 Å². The molecule has 1 atom stereocenters. The van der Waals surface area contributed by atoms with E-state index in [-0.39, 0.29) is 35.6 Å². The second-order valence-corrected chi connectivity index (χ2v) is 15.3. The second-order valence-electron chi connectivity index (χ2n) is 12.1. The van der Waals surface area contributed by atoms with Gasteiger partial charge < -0.3 is 24.8 Å². The van der Waals surface area contributed by atoms with E-state index >= 15 is 0 Å². The van der Waals surface area contributed by atoms with Crippen LogP contribution in [0.25, 0.3) is 16.7 Å². The van der Waals surface area contributed by atoms with Crippen molar-refractivity contribution in [2.75, 3.05) is 0 Å². The first-order chi connectivity index (χ1) is 16.0. The molecule has 0 saturated carbocycles. The first kappa shape index (κ1) is 29.2. The van der Waals surface area contributed by atoms with Crippen molar-refractivity contribution in [1.29, 1.82) is 0 Å². The third-order valence-electron chi connectivity index (χ3n) is 7.36. The second kappa shape index (κ2) is 10.8. The summed E-state index contributed by atoms with van der Waals surface area (Å²) in [6.07, 6.45) is 6.10. The first-order valence-electron chi connectivity index (χ1n) is 12.6. The molecule has 2 aliphatic carbocycles. The molecule has 0 radical (unpaired) electrons. The van der Waals surface area contributed by atoms with E-state index in [1.165, 1.54) is 33.4 Å². The molecule has 0 bridgehead atoms. The minimum atomic E-state index is -0.956. The summed E-state index contributed by atoms with van der Waals surface area (Å²) >= 11 is -0.956. The van der Waals surface area contributed by atoms with E-state index in [0.717, 1.165) is 6.42 Å². The van der Waals surface area contributed by atoms with Crippen LogP contribution in [-0.2, 0) is 40.5 Å². The normalized spacial score (nSPS) is 16.1. The Labute approximate surface area is 242 Å². The average molecular weight is 595 g/mol. The molecule has 5 rings (SSSR count). The summed E-state index contributed by atoms with van der Waals surface area (Å²) in [4.78, 5) is 0. The van der Waals surface area contributed by atoms with E-state index in [4.69, 9.17) is 0 Å². The van der Waals surface area contributed by atoms with Gasteiger partial charge in [-0.1, -0.05) is 0 Å². The smallest absolute Gasteiger partial charge is 1.00 e. The van der Waals surface area contributed by atoms with Crippen molar-refractivity contribution in [2.45, 2.75) is 65.7 Å². The molecule has 2 aliphatic rings. The van der Waals surface area contributed by atoms with Gasteiger partial charge in [0, 0.05) is 0 Å². The predicted octanol–water partition coefficient (Wildman–Crippen LogP) is 2.19. The third-order valence-corrected chi connectivity index (χ3v) is 11.6. The molecule has 0 nitrogen and oxygen atoms in total. The first-order valence-corrected chi connectivity index (χ1v) is 15.0. The molecular weight excluding hydrogens is 558 g/mol. The third kappa shape index (κ3) is 5.55.